The van der Waals surface area contributed by atoms with Gasteiger partial charge in [0.15, 0.2) is 0 Å². The molecule has 0 bridgehead atoms. The minimum Gasteiger partial charge on any atom is -0.336 e. The first kappa shape index (κ1) is 32.2. The molecule has 0 fully saturated rings. The van der Waals surface area contributed by atoms with Crippen LogP contribution < -0.4 is 16.1 Å². The fourth-order valence-electron chi connectivity index (χ4n) is 5.35. The van der Waals surface area contributed by atoms with Crippen molar-refractivity contribution in [2.24, 2.45) is 12.0 Å². The van der Waals surface area contributed by atoms with Crippen LogP contribution in [0.3, 0.4) is 0 Å². The van der Waals surface area contributed by atoms with Gasteiger partial charge < -0.3 is 15.2 Å². The van der Waals surface area contributed by atoms with Crippen molar-refractivity contribution in [3.05, 3.63) is 119 Å². The first-order chi connectivity index (χ1) is 20.9. The molecule has 2 N–H and O–H groups in total. The lowest BCUT2D eigenvalue weighted by Crippen LogP contribution is -2.16. The van der Waals surface area contributed by atoms with Crippen LogP contribution in [0.1, 0.15) is 44.0 Å². The Kier molecular flexibility index (Phi) is 11.7. The number of pyridine rings is 2. The SMILES string of the molecule is C=C/C(=C\N=c1cc(-c2cccc(-c3cccc(-c4ccc(CNCCC)c(CC)n4)c3CC)c2Cl)ccn1C)CNC. The fraction of sp³-hybridized carbons (Fsp3) is 0.297. The molecule has 2 aromatic heterocycles. The van der Waals surface area contributed by atoms with E-state index in [2.05, 4.69) is 98.6 Å². The van der Waals surface area contributed by atoms with E-state index >= 15 is 0 Å². The second-order valence-electron chi connectivity index (χ2n) is 10.6. The number of likely N-dealkylation sites (N-methyl/N-ethyl adjacent to an activating group) is 1. The van der Waals surface area contributed by atoms with Gasteiger partial charge in [-0.2, -0.15) is 0 Å². The molecule has 0 saturated heterocycles. The number of nitrogens with zero attached hydrogens (tertiary/aromatic N) is 3. The van der Waals surface area contributed by atoms with Crippen LogP contribution in [-0.4, -0.2) is 29.7 Å². The normalized spacial score (nSPS) is 12.1. The fourth-order valence-corrected chi connectivity index (χ4v) is 5.68. The predicted molar refractivity (Wildman–Crippen MR) is 183 cm³/mol. The summed E-state index contributed by atoms with van der Waals surface area (Å²) in [6, 6.07) is 21.3. The summed E-state index contributed by atoms with van der Waals surface area (Å²) >= 11 is 7.22. The second kappa shape index (κ2) is 15.6. The van der Waals surface area contributed by atoms with Gasteiger partial charge in [-0.1, -0.05) is 87.5 Å². The molecule has 0 aliphatic carbocycles. The lowest BCUT2D eigenvalue weighted by atomic mass is 9.90. The van der Waals surface area contributed by atoms with Crippen LogP contribution in [0.25, 0.3) is 33.5 Å². The van der Waals surface area contributed by atoms with Gasteiger partial charge in [-0.15, -0.1) is 0 Å². The summed E-state index contributed by atoms with van der Waals surface area (Å²) in [5.74, 6) is 0. The smallest absolute Gasteiger partial charge is 0.132 e. The highest BCUT2D eigenvalue weighted by Gasteiger charge is 2.17. The number of benzene rings is 2. The van der Waals surface area contributed by atoms with Crippen LogP contribution in [0.4, 0.5) is 0 Å². The molecule has 0 unspecified atom stereocenters. The van der Waals surface area contributed by atoms with Gasteiger partial charge in [0.05, 0.1) is 10.7 Å². The lowest BCUT2D eigenvalue weighted by Gasteiger charge is -2.18. The molecule has 5 nitrogen and oxygen atoms in total. The van der Waals surface area contributed by atoms with E-state index in [0.29, 0.717) is 6.54 Å². The molecule has 2 heterocycles. The van der Waals surface area contributed by atoms with Crippen LogP contribution in [0, 0.1) is 0 Å². The molecular formula is C37H44ClN5. The highest BCUT2D eigenvalue weighted by molar-refractivity contribution is 6.36. The van der Waals surface area contributed by atoms with Gasteiger partial charge in [0.1, 0.15) is 5.49 Å². The quantitative estimate of drug-likeness (QED) is 0.122. The molecule has 4 rings (SSSR count). The number of aryl methyl sites for hydroxylation is 2. The number of aromatic nitrogens is 2. The van der Waals surface area contributed by atoms with Crippen molar-refractivity contribution in [1.82, 2.24) is 20.2 Å². The van der Waals surface area contributed by atoms with Crippen LogP contribution in [0.5, 0.6) is 0 Å². The van der Waals surface area contributed by atoms with E-state index in [1.54, 1.807) is 0 Å². The largest absolute Gasteiger partial charge is 0.336 e. The van der Waals surface area contributed by atoms with Gasteiger partial charge in [0.25, 0.3) is 0 Å². The molecule has 0 amide bonds. The van der Waals surface area contributed by atoms with E-state index in [1.165, 1.54) is 11.1 Å². The summed E-state index contributed by atoms with van der Waals surface area (Å²) in [5.41, 5.74) is 11.8. The Hall–Kier alpha value is -3.77. The Bertz CT molecular complexity index is 1660. The molecular weight excluding hydrogens is 550 g/mol. The van der Waals surface area contributed by atoms with Crippen molar-refractivity contribution in [3.63, 3.8) is 0 Å². The highest BCUT2D eigenvalue weighted by Crippen LogP contribution is 2.40. The number of halogens is 1. The maximum absolute atomic E-state index is 7.22. The van der Waals surface area contributed by atoms with E-state index < -0.39 is 0 Å². The molecule has 0 saturated carbocycles. The van der Waals surface area contributed by atoms with Gasteiger partial charge in [-0.25, -0.2) is 4.99 Å². The zero-order valence-electron chi connectivity index (χ0n) is 26.2. The van der Waals surface area contributed by atoms with Crippen LogP contribution >= 0.6 is 11.6 Å². The summed E-state index contributed by atoms with van der Waals surface area (Å²) in [6.45, 7) is 13.0. The Labute approximate surface area is 262 Å². The highest BCUT2D eigenvalue weighted by atomic mass is 35.5. The minimum absolute atomic E-state index is 0.707. The van der Waals surface area contributed by atoms with Gasteiger partial charge >= 0.3 is 0 Å². The van der Waals surface area contributed by atoms with Crippen LogP contribution in [-0.2, 0) is 26.4 Å². The Morgan fingerprint density at radius 3 is 2.42 bits per heavy atom. The standard InChI is InChI=1S/C37H44ClN5/c1-7-20-40-25-28-17-18-35(42-34(28)10-4)32-15-12-14-31(29(32)9-3)33-16-11-13-30(37(33)38)27-19-21-43(6)36(22-27)41-24-26(8-2)23-39-5/h8,11-19,21-22,24,39-40H,2,7,9-10,20,23,25H2,1,3-6H3/b26-24+,41-36?. The lowest BCUT2D eigenvalue weighted by molar-refractivity contribution is 0.668. The van der Waals surface area contributed by atoms with E-state index in [1.807, 2.05) is 37.1 Å². The van der Waals surface area contributed by atoms with Gasteiger partial charge in [-0.05, 0) is 78.9 Å². The van der Waals surface area contributed by atoms with Crippen molar-refractivity contribution in [2.45, 2.75) is 46.6 Å². The number of nitrogens with one attached hydrogen (secondary N) is 2. The van der Waals surface area contributed by atoms with E-state index in [0.717, 1.165) is 87.6 Å². The Balaban J connectivity index is 1.77. The van der Waals surface area contributed by atoms with E-state index in [4.69, 9.17) is 21.6 Å². The third kappa shape index (κ3) is 7.61. The molecule has 0 spiro atoms. The zero-order valence-corrected chi connectivity index (χ0v) is 26.9. The molecule has 4 aromatic rings. The minimum atomic E-state index is 0.707. The number of hydrogen-bond donors (Lipinski definition) is 2. The van der Waals surface area contributed by atoms with Crippen LogP contribution in [0.2, 0.25) is 5.02 Å². The third-order valence-electron chi connectivity index (χ3n) is 7.68. The average Bonchev–Trinajstić information content (AvgIpc) is 3.03. The summed E-state index contributed by atoms with van der Waals surface area (Å²) in [6.07, 6.45) is 8.58. The first-order valence-electron chi connectivity index (χ1n) is 15.2. The van der Waals surface area contributed by atoms with Gasteiger partial charge in [-0.3, -0.25) is 4.98 Å². The van der Waals surface area contributed by atoms with Crippen molar-refractivity contribution >= 4 is 11.6 Å². The van der Waals surface area contributed by atoms with Crippen molar-refractivity contribution < 1.29 is 0 Å². The summed E-state index contributed by atoms with van der Waals surface area (Å²) in [7, 11) is 3.90. The van der Waals surface area contributed by atoms with Gasteiger partial charge in [0, 0.05) is 54.9 Å². The monoisotopic (exact) mass is 593 g/mol. The summed E-state index contributed by atoms with van der Waals surface area (Å²) in [5, 5.41) is 7.39. The Morgan fingerprint density at radius 1 is 0.977 bits per heavy atom. The van der Waals surface area contributed by atoms with Crippen molar-refractivity contribution in [1.29, 1.82) is 0 Å². The number of hydrogen-bond acceptors (Lipinski definition) is 4. The van der Waals surface area contributed by atoms with Crippen LogP contribution in [0.15, 0.2) is 96.3 Å². The second-order valence-corrected chi connectivity index (χ2v) is 11.0. The molecule has 2 aromatic carbocycles. The molecule has 43 heavy (non-hydrogen) atoms. The zero-order chi connectivity index (χ0) is 30.8. The molecule has 6 heteroatoms. The van der Waals surface area contributed by atoms with Gasteiger partial charge in [0.2, 0.25) is 0 Å². The van der Waals surface area contributed by atoms with Crippen molar-refractivity contribution in [2.75, 3.05) is 20.1 Å². The molecule has 0 atom stereocenters. The maximum Gasteiger partial charge on any atom is 0.132 e. The van der Waals surface area contributed by atoms with E-state index in [-0.39, 0.29) is 0 Å². The molecule has 224 valence electrons. The topological polar surface area (TPSA) is 54.2 Å². The number of rotatable bonds is 13. The average molecular weight is 594 g/mol. The summed E-state index contributed by atoms with van der Waals surface area (Å²) in [4.78, 5) is 9.88. The maximum atomic E-state index is 7.22. The third-order valence-corrected chi connectivity index (χ3v) is 8.09. The van der Waals surface area contributed by atoms with E-state index in [9.17, 15) is 0 Å². The predicted octanol–water partition coefficient (Wildman–Crippen LogP) is 7.89. The first-order valence-corrected chi connectivity index (χ1v) is 15.6. The summed E-state index contributed by atoms with van der Waals surface area (Å²) < 4.78 is 2.00. The van der Waals surface area contributed by atoms with Crippen molar-refractivity contribution in [3.8, 4) is 33.5 Å². The Morgan fingerprint density at radius 2 is 1.72 bits per heavy atom. The molecule has 0 aliphatic heterocycles. The molecule has 0 radical (unpaired) electrons. The molecule has 0 aliphatic rings.